The van der Waals surface area contributed by atoms with Crippen LogP contribution >= 0.6 is 0 Å². The Kier molecular flexibility index (Phi) is 3.80. The van der Waals surface area contributed by atoms with Crippen LogP contribution in [0.15, 0.2) is 36.8 Å². The quantitative estimate of drug-likeness (QED) is 0.772. The smallest absolute Gasteiger partial charge is 0.411 e. The summed E-state index contributed by atoms with van der Waals surface area (Å²) < 4.78 is 4.50. The van der Waals surface area contributed by atoms with Crippen molar-refractivity contribution in [1.82, 2.24) is 9.97 Å². The minimum atomic E-state index is -0.479. The molecule has 0 bridgehead atoms. The Morgan fingerprint density at radius 3 is 2.67 bits per heavy atom. The van der Waals surface area contributed by atoms with Crippen molar-refractivity contribution in [2.75, 3.05) is 17.7 Å². The van der Waals surface area contributed by atoms with E-state index < -0.39 is 6.09 Å². The minimum absolute atomic E-state index is 0.479. The first kappa shape index (κ1) is 12.0. The second-order valence-corrected chi connectivity index (χ2v) is 3.62. The van der Waals surface area contributed by atoms with Gasteiger partial charge in [0.05, 0.1) is 25.7 Å². The Balaban J connectivity index is 1.89. The standard InChI is InChI=1S/C12H14N4O2/c1-18-12(17)16-10-4-2-9(3-5-10)14-7-11-6-13-8-15-11/h2-6,8,14H,7H2,1H3,(H,13,15)(H,16,17). The topological polar surface area (TPSA) is 79.0 Å². The summed E-state index contributed by atoms with van der Waals surface area (Å²) in [5, 5.41) is 5.81. The van der Waals surface area contributed by atoms with Crippen molar-refractivity contribution in [2.45, 2.75) is 6.54 Å². The molecule has 0 radical (unpaired) electrons. The van der Waals surface area contributed by atoms with Gasteiger partial charge in [-0.1, -0.05) is 0 Å². The number of benzene rings is 1. The second-order valence-electron chi connectivity index (χ2n) is 3.62. The molecule has 2 rings (SSSR count). The molecule has 18 heavy (non-hydrogen) atoms. The molecule has 0 aliphatic rings. The minimum Gasteiger partial charge on any atom is -0.453 e. The third-order valence-electron chi connectivity index (χ3n) is 2.35. The molecule has 1 aromatic heterocycles. The summed E-state index contributed by atoms with van der Waals surface area (Å²) in [5.41, 5.74) is 2.65. The highest BCUT2D eigenvalue weighted by Gasteiger charge is 2.00. The summed E-state index contributed by atoms with van der Waals surface area (Å²) in [6.45, 7) is 0.670. The molecule has 1 amide bonds. The highest BCUT2D eigenvalue weighted by Crippen LogP contribution is 2.14. The van der Waals surface area contributed by atoms with Crippen molar-refractivity contribution in [3.63, 3.8) is 0 Å². The van der Waals surface area contributed by atoms with Gasteiger partial charge < -0.3 is 15.0 Å². The molecule has 6 nitrogen and oxygen atoms in total. The molecular formula is C12H14N4O2. The fourth-order valence-electron chi connectivity index (χ4n) is 1.42. The molecule has 0 fully saturated rings. The molecule has 1 aromatic carbocycles. The van der Waals surface area contributed by atoms with Crippen LogP contribution in [-0.4, -0.2) is 23.2 Å². The molecule has 0 atom stereocenters. The van der Waals surface area contributed by atoms with Crippen LogP contribution in [0, 0.1) is 0 Å². The predicted octanol–water partition coefficient (Wildman–Crippen LogP) is 2.20. The first-order chi connectivity index (χ1) is 8.78. The Morgan fingerprint density at radius 1 is 1.33 bits per heavy atom. The molecule has 1 heterocycles. The Morgan fingerprint density at radius 2 is 2.06 bits per heavy atom. The third-order valence-corrected chi connectivity index (χ3v) is 2.35. The van der Waals surface area contributed by atoms with E-state index in [9.17, 15) is 4.79 Å². The summed E-state index contributed by atoms with van der Waals surface area (Å²) in [7, 11) is 1.33. The van der Waals surface area contributed by atoms with E-state index in [0.717, 1.165) is 11.4 Å². The van der Waals surface area contributed by atoms with Crippen molar-refractivity contribution in [3.05, 3.63) is 42.5 Å². The van der Waals surface area contributed by atoms with Gasteiger partial charge in [-0.15, -0.1) is 0 Å². The zero-order valence-corrected chi connectivity index (χ0v) is 9.93. The van der Waals surface area contributed by atoms with Crippen LogP contribution in [0.3, 0.4) is 0 Å². The van der Waals surface area contributed by atoms with E-state index in [0.29, 0.717) is 12.2 Å². The van der Waals surface area contributed by atoms with E-state index in [1.54, 1.807) is 24.7 Å². The molecule has 0 unspecified atom stereocenters. The van der Waals surface area contributed by atoms with E-state index in [1.165, 1.54) is 7.11 Å². The molecule has 3 N–H and O–H groups in total. The summed E-state index contributed by atoms with van der Waals surface area (Å²) in [6.07, 6.45) is 2.92. The number of methoxy groups -OCH3 is 1. The molecule has 0 aliphatic heterocycles. The summed E-state index contributed by atoms with van der Waals surface area (Å²) in [5.74, 6) is 0. The van der Waals surface area contributed by atoms with Crippen molar-refractivity contribution in [1.29, 1.82) is 0 Å². The van der Waals surface area contributed by atoms with E-state index in [2.05, 4.69) is 25.3 Å². The van der Waals surface area contributed by atoms with Gasteiger partial charge in [-0.05, 0) is 24.3 Å². The van der Waals surface area contributed by atoms with E-state index in [4.69, 9.17) is 0 Å². The maximum Gasteiger partial charge on any atom is 0.411 e. The number of aromatic amines is 1. The van der Waals surface area contributed by atoms with Gasteiger partial charge in [0, 0.05) is 17.6 Å². The van der Waals surface area contributed by atoms with Crippen LogP contribution in [0.2, 0.25) is 0 Å². The van der Waals surface area contributed by atoms with Crippen LogP contribution in [0.4, 0.5) is 16.2 Å². The van der Waals surface area contributed by atoms with Crippen LogP contribution in [-0.2, 0) is 11.3 Å². The van der Waals surface area contributed by atoms with Gasteiger partial charge in [-0.2, -0.15) is 0 Å². The lowest BCUT2D eigenvalue weighted by Crippen LogP contribution is -2.10. The molecule has 0 aliphatic carbocycles. The highest BCUT2D eigenvalue weighted by molar-refractivity contribution is 5.84. The lowest BCUT2D eigenvalue weighted by Gasteiger charge is -2.07. The molecule has 6 heteroatoms. The fourth-order valence-corrected chi connectivity index (χ4v) is 1.42. The van der Waals surface area contributed by atoms with Gasteiger partial charge in [0.25, 0.3) is 0 Å². The summed E-state index contributed by atoms with van der Waals surface area (Å²) in [6, 6.07) is 7.35. The van der Waals surface area contributed by atoms with Crippen molar-refractivity contribution >= 4 is 17.5 Å². The number of amides is 1. The highest BCUT2D eigenvalue weighted by atomic mass is 16.5. The van der Waals surface area contributed by atoms with E-state index in [-0.39, 0.29) is 0 Å². The lowest BCUT2D eigenvalue weighted by molar-refractivity contribution is 0.187. The molecular weight excluding hydrogens is 232 g/mol. The largest absolute Gasteiger partial charge is 0.453 e. The van der Waals surface area contributed by atoms with Crippen LogP contribution < -0.4 is 10.6 Å². The van der Waals surface area contributed by atoms with Gasteiger partial charge in [-0.25, -0.2) is 9.78 Å². The maximum atomic E-state index is 11.0. The average Bonchev–Trinajstić information content (AvgIpc) is 2.91. The summed E-state index contributed by atoms with van der Waals surface area (Å²) in [4.78, 5) is 17.9. The summed E-state index contributed by atoms with van der Waals surface area (Å²) >= 11 is 0. The zero-order chi connectivity index (χ0) is 12.8. The van der Waals surface area contributed by atoms with Crippen molar-refractivity contribution in [3.8, 4) is 0 Å². The maximum absolute atomic E-state index is 11.0. The van der Waals surface area contributed by atoms with Crippen LogP contribution in [0.1, 0.15) is 5.69 Å². The van der Waals surface area contributed by atoms with E-state index >= 15 is 0 Å². The number of anilines is 2. The first-order valence-corrected chi connectivity index (χ1v) is 5.44. The number of hydrogen-bond donors (Lipinski definition) is 3. The normalized spacial score (nSPS) is 9.83. The lowest BCUT2D eigenvalue weighted by atomic mass is 10.3. The van der Waals surface area contributed by atoms with Gasteiger partial charge in [-0.3, -0.25) is 5.32 Å². The Labute approximate surface area is 104 Å². The predicted molar refractivity (Wildman–Crippen MR) is 68.4 cm³/mol. The number of nitrogens with one attached hydrogen (secondary N) is 3. The Bertz CT molecular complexity index is 493. The van der Waals surface area contributed by atoms with Gasteiger partial charge in [0.2, 0.25) is 0 Å². The van der Waals surface area contributed by atoms with Crippen molar-refractivity contribution in [2.24, 2.45) is 0 Å². The third kappa shape index (κ3) is 3.24. The number of aromatic nitrogens is 2. The first-order valence-electron chi connectivity index (χ1n) is 5.44. The number of rotatable bonds is 4. The number of nitrogens with zero attached hydrogens (tertiary/aromatic N) is 1. The monoisotopic (exact) mass is 246 g/mol. The molecule has 2 aromatic rings. The number of ether oxygens (including phenoxy) is 1. The number of hydrogen-bond acceptors (Lipinski definition) is 4. The average molecular weight is 246 g/mol. The van der Waals surface area contributed by atoms with Crippen LogP contribution in [0.5, 0.6) is 0 Å². The fraction of sp³-hybridized carbons (Fsp3) is 0.167. The Hall–Kier alpha value is -2.50. The van der Waals surface area contributed by atoms with Crippen molar-refractivity contribution < 1.29 is 9.53 Å². The zero-order valence-electron chi connectivity index (χ0n) is 9.93. The van der Waals surface area contributed by atoms with Gasteiger partial charge in [0.1, 0.15) is 0 Å². The number of carbonyl (C=O) groups is 1. The molecule has 0 saturated carbocycles. The molecule has 0 spiro atoms. The SMILES string of the molecule is COC(=O)Nc1ccc(NCc2cnc[nH]2)cc1. The molecule has 0 saturated heterocycles. The second kappa shape index (κ2) is 5.72. The number of carbonyl (C=O) groups excluding carboxylic acids is 1. The van der Waals surface area contributed by atoms with E-state index in [1.807, 2.05) is 12.1 Å². The van der Waals surface area contributed by atoms with Gasteiger partial charge in [0.15, 0.2) is 0 Å². The molecule has 94 valence electrons. The van der Waals surface area contributed by atoms with Gasteiger partial charge >= 0.3 is 6.09 Å². The number of imidazole rings is 1. The van der Waals surface area contributed by atoms with Crippen LogP contribution in [0.25, 0.3) is 0 Å². The number of H-pyrrole nitrogens is 1.